The van der Waals surface area contributed by atoms with Crippen LogP contribution in [0.3, 0.4) is 0 Å². The minimum Gasteiger partial charge on any atom is -0.500 e. The van der Waals surface area contributed by atoms with Crippen LogP contribution in [-0.4, -0.2) is 27.6 Å². The molecular formula is C13H13N3O3S2. The van der Waals surface area contributed by atoms with Gasteiger partial charge in [-0.25, -0.2) is 18.1 Å². The fraction of sp³-hybridized carbons (Fsp3) is 0.231. The molecule has 1 aromatic heterocycles. The fourth-order valence-electron chi connectivity index (χ4n) is 1.68. The summed E-state index contributed by atoms with van der Waals surface area (Å²) in [7, 11) is -0.679. The van der Waals surface area contributed by atoms with Gasteiger partial charge in [0.05, 0.1) is 22.2 Å². The molecule has 6 nitrogen and oxygen atoms in total. The van der Waals surface area contributed by atoms with Gasteiger partial charge < -0.3 is 4.74 Å². The molecule has 0 amide bonds. The van der Waals surface area contributed by atoms with Gasteiger partial charge in [-0.2, -0.15) is 5.26 Å². The van der Waals surface area contributed by atoms with Crippen LogP contribution in [0.15, 0.2) is 28.9 Å². The van der Waals surface area contributed by atoms with E-state index in [-0.39, 0.29) is 4.90 Å². The van der Waals surface area contributed by atoms with Crippen molar-refractivity contribution in [3.8, 4) is 6.07 Å². The van der Waals surface area contributed by atoms with Crippen LogP contribution in [0.4, 0.5) is 0 Å². The highest BCUT2D eigenvalue weighted by molar-refractivity contribution is 7.89. The van der Waals surface area contributed by atoms with Gasteiger partial charge in [-0.3, -0.25) is 0 Å². The third-order valence-corrected chi connectivity index (χ3v) is 5.39. The number of methoxy groups -OCH3 is 1. The number of hydrogen-bond acceptors (Lipinski definition) is 6. The van der Waals surface area contributed by atoms with Crippen molar-refractivity contribution in [1.29, 1.82) is 5.26 Å². The van der Waals surface area contributed by atoms with Crippen molar-refractivity contribution >= 4 is 37.1 Å². The summed E-state index contributed by atoms with van der Waals surface area (Å²) in [6.45, 7) is 1.68. The first-order valence-electron chi connectivity index (χ1n) is 5.92. The number of benzene rings is 1. The van der Waals surface area contributed by atoms with E-state index in [0.29, 0.717) is 21.9 Å². The zero-order chi connectivity index (χ0) is 15.6. The van der Waals surface area contributed by atoms with Crippen LogP contribution in [0, 0.1) is 11.3 Å². The molecular weight excluding hydrogens is 310 g/mol. The summed E-state index contributed by atoms with van der Waals surface area (Å²) in [5.41, 5.74) is 0.875. The molecule has 8 heteroatoms. The van der Waals surface area contributed by atoms with Gasteiger partial charge in [0, 0.05) is 0 Å². The number of ether oxygens (including phenoxy) is 1. The van der Waals surface area contributed by atoms with Crippen molar-refractivity contribution in [3.63, 3.8) is 0 Å². The second-order valence-corrected chi connectivity index (χ2v) is 7.02. The van der Waals surface area contributed by atoms with E-state index in [1.165, 1.54) is 37.6 Å². The highest BCUT2D eigenvalue weighted by Gasteiger charge is 2.16. The molecule has 0 fully saturated rings. The van der Waals surface area contributed by atoms with Gasteiger partial charge in [0.15, 0.2) is 0 Å². The smallest absolute Gasteiger partial charge is 0.240 e. The number of nitrogens with one attached hydrogen (secondary N) is 1. The highest BCUT2D eigenvalue weighted by atomic mass is 32.2. The normalized spacial score (nSPS) is 12.9. The Morgan fingerprint density at radius 3 is 2.76 bits per heavy atom. The number of hydrogen-bond donors (Lipinski definition) is 1. The molecule has 110 valence electrons. The van der Waals surface area contributed by atoms with Crippen LogP contribution >= 0.6 is 11.3 Å². The van der Waals surface area contributed by atoms with Gasteiger partial charge in [-0.05, 0) is 32.2 Å². The lowest BCUT2D eigenvalue weighted by Crippen LogP contribution is -2.18. The van der Waals surface area contributed by atoms with Gasteiger partial charge >= 0.3 is 0 Å². The van der Waals surface area contributed by atoms with E-state index < -0.39 is 10.0 Å². The summed E-state index contributed by atoms with van der Waals surface area (Å²) in [6, 6.07) is 6.73. The molecule has 0 aliphatic rings. The lowest BCUT2D eigenvalue weighted by atomic mass is 10.2. The lowest BCUT2D eigenvalue weighted by Gasteiger charge is -2.01. The van der Waals surface area contributed by atoms with E-state index in [4.69, 9.17) is 4.74 Å². The van der Waals surface area contributed by atoms with E-state index >= 15 is 0 Å². The molecule has 2 aromatic rings. The average molecular weight is 323 g/mol. The third-order valence-electron chi connectivity index (χ3n) is 2.92. The van der Waals surface area contributed by atoms with Gasteiger partial charge in [-0.1, -0.05) is 0 Å². The van der Waals surface area contributed by atoms with E-state index in [2.05, 4.69) is 15.8 Å². The zero-order valence-corrected chi connectivity index (χ0v) is 13.3. The Balaban J connectivity index is 2.61. The maximum atomic E-state index is 11.8. The number of sulfonamides is 1. The first kappa shape index (κ1) is 15.4. The predicted molar refractivity (Wildman–Crippen MR) is 81.1 cm³/mol. The van der Waals surface area contributed by atoms with Crippen molar-refractivity contribution in [3.05, 3.63) is 29.0 Å². The minimum absolute atomic E-state index is 0.139. The zero-order valence-electron chi connectivity index (χ0n) is 11.7. The quantitative estimate of drug-likeness (QED) is 0.687. The fourth-order valence-corrected chi connectivity index (χ4v) is 3.42. The summed E-state index contributed by atoms with van der Waals surface area (Å²) < 4.78 is 31.7. The molecule has 0 bridgehead atoms. The van der Waals surface area contributed by atoms with Gasteiger partial charge in [-0.15, -0.1) is 11.3 Å². The summed E-state index contributed by atoms with van der Waals surface area (Å²) in [6.07, 6.45) is 0. The predicted octanol–water partition coefficient (Wildman–Crippen LogP) is 2.11. The van der Waals surface area contributed by atoms with E-state index in [1.807, 2.05) is 0 Å². The van der Waals surface area contributed by atoms with Crippen LogP contribution in [-0.2, 0) is 14.8 Å². The van der Waals surface area contributed by atoms with E-state index in [1.54, 1.807) is 13.0 Å². The molecule has 1 aromatic carbocycles. The second-order valence-electron chi connectivity index (χ2n) is 4.10. The number of allylic oxidation sites excluding steroid dienone is 2. The third kappa shape index (κ3) is 2.90. The summed E-state index contributed by atoms with van der Waals surface area (Å²) in [4.78, 5) is 4.47. The number of nitrogens with zero attached hydrogens (tertiary/aromatic N) is 2. The Morgan fingerprint density at radius 1 is 1.48 bits per heavy atom. The molecule has 21 heavy (non-hydrogen) atoms. The molecule has 0 spiro atoms. The molecule has 0 unspecified atom stereocenters. The number of nitriles is 1. The largest absolute Gasteiger partial charge is 0.500 e. The summed E-state index contributed by atoms with van der Waals surface area (Å²) >= 11 is 1.31. The molecule has 1 heterocycles. The van der Waals surface area contributed by atoms with Gasteiger partial charge in [0.25, 0.3) is 0 Å². The highest BCUT2D eigenvalue weighted by Crippen LogP contribution is 2.30. The van der Waals surface area contributed by atoms with Crippen LogP contribution in [0.5, 0.6) is 0 Å². The van der Waals surface area contributed by atoms with Crippen LogP contribution in [0.25, 0.3) is 15.8 Å². The van der Waals surface area contributed by atoms with Crippen LogP contribution in [0.2, 0.25) is 0 Å². The maximum Gasteiger partial charge on any atom is 0.240 e. The van der Waals surface area contributed by atoms with E-state index in [0.717, 1.165) is 4.70 Å². The van der Waals surface area contributed by atoms with Gasteiger partial charge in [0.2, 0.25) is 10.0 Å². The molecule has 0 saturated heterocycles. The average Bonchev–Trinajstić information content (AvgIpc) is 2.90. The van der Waals surface area contributed by atoms with Crippen molar-refractivity contribution in [2.45, 2.75) is 11.8 Å². The standard InChI is InChI=1S/C13H13N3O3S2/c1-8(19-3)10(7-14)13-16-11-6-9(21(17,18)15-2)4-5-12(11)20-13/h4-6,15H,1-3H3. The summed E-state index contributed by atoms with van der Waals surface area (Å²) in [5, 5.41) is 9.71. The van der Waals surface area contributed by atoms with Gasteiger partial charge in [0.1, 0.15) is 22.4 Å². The Labute approximate surface area is 126 Å². The van der Waals surface area contributed by atoms with Crippen molar-refractivity contribution in [2.24, 2.45) is 0 Å². The number of thiazole rings is 1. The van der Waals surface area contributed by atoms with Crippen molar-refractivity contribution in [2.75, 3.05) is 14.2 Å². The summed E-state index contributed by atoms with van der Waals surface area (Å²) in [5.74, 6) is 0.472. The Bertz CT molecular complexity index is 860. The number of rotatable bonds is 4. The van der Waals surface area contributed by atoms with E-state index in [9.17, 15) is 13.7 Å². The topological polar surface area (TPSA) is 92.1 Å². The Kier molecular flexibility index (Phi) is 4.27. The first-order chi connectivity index (χ1) is 9.92. The molecule has 0 atom stereocenters. The molecule has 0 aliphatic carbocycles. The molecule has 2 rings (SSSR count). The Hall–Kier alpha value is -1.95. The maximum absolute atomic E-state index is 11.8. The number of aromatic nitrogens is 1. The lowest BCUT2D eigenvalue weighted by molar-refractivity contribution is 0.296. The van der Waals surface area contributed by atoms with Crippen LogP contribution in [0.1, 0.15) is 11.9 Å². The van der Waals surface area contributed by atoms with Crippen LogP contribution < -0.4 is 4.72 Å². The van der Waals surface area contributed by atoms with Crippen molar-refractivity contribution < 1.29 is 13.2 Å². The molecule has 0 aliphatic heterocycles. The SMILES string of the molecule is CNS(=O)(=O)c1ccc2sc(C(C#N)=C(C)OC)nc2c1. The number of fused-ring (bicyclic) bond motifs is 1. The monoisotopic (exact) mass is 323 g/mol. The molecule has 1 N–H and O–H groups in total. The Morgan fingerprint density at radius 2 is 2.19 bits per heavy atom. The molecule has 0 saturated carbocycles. The first-order valence-corrected chi connectivity index (χ1v) is 8.22. The molecule has 0 radical (unpaired) electrons. The second kappa shape index (κ2) is 5.81. The minimum atomic E-state index is -3.51. The van der Waals surface area contributed by atoms with Crippen molar-refractivity contribution in [1.82, 2.24) is 9.71 Å².